The lowest BCUT2D eigenvalue weighted by Gasteiger charge is -2.25. The van der Waals surface area contributed by atoms with Crippen LogP contribution in [0, 0.1) is 5.41 Å². The Hall–Kier alpha value is -2.04. The number of amides is 1. The SMILES string of the molecule is CN(CCc1ccc(N)cc1)C(=O)CC(C)(C)CC(=O)O. The number of carboxylic acid groups (broad SMARTS) is 1. The van der Waals surface area contributed by atoms with Crippen molar-refractivity contribution in [3.8, 4) is 0 Å². The van der Waals surface area contributed by atoms with Gasteiger partial charge in [-0.2, -0.15) is 0 Å². The topological polar surface area (TPSA) is 83.6 Å². The smallest absolute Gasteiger partial charge is 0.303 e. The molecular weight excluding hydrogens is 268 g/mol. The first-order valence-corrected chi connectivity index (χ1v) is 7.00. The summed E-state index contributed by atoms with van der Waals surface area (Å²) in [6.45, 7) is 4.20. The van der Waals surface area contributed by atoms with Crippen molar-refractivity contribution in [1.29, 1.82) is 0 Å². The van der Waals surface area contributed by atoms with Crippen LogP contribution in [0.1, 0.15) is 32.3 Å². The molecule has 0 aliphatic carbocycles. The molecule has 1 aromatic carbocycles. The van der Waals surface area contributed by atoms with Crippen molar-refractivity contribution in [1.82, 2.24) is 4.90 Å². The van der Waals surface area contributed by atoms with Gasteiger partial charge in [0, 0.05) is 25.7 Å². The number of benzene rings is 1. The van der Waals surface area contributed by atoms with Gasteiger partial charge in [-0.15, -0.1) is 0 Å². The number of nitrogens with zero attached hydrogens (tertiary/aromatic N) is 1. The molecule has 116 valence electrons. The molecule has 0 radical (unpaired) electrons. The van der Waals surface area contributed by atoms with E-state index in [1.165, 1.54) is 0 Å². The molecule has 0 aliphatic rings. The normalized spacial score (nSPS) is 11.2. The average Bonchev–Trinajstić information content (AvgIpc) is 2.35. The van der Waals surface area contributed by atoms with Gasteiger partial charge in [0.25, 0.3) is 0 Å². The Bertz CT molecular complexity index is 495. The zero-order chi connectivity index (χ0) is 16.0. The van der Waals surface area contributed by atoms with E-state index in [-0.39, 0.29) is 18.7 Å². The Morgan fingerprint density at radius 3 is 2.29 bits per heavy atom. The molecule has 0 aliphatic heterocycles. The number of carbonyl (C=O) groups excluding carboxylic acids is 1. The van der Waals surface area contributed by atoms with E-state index in [4.69, 9.17) is 10.8 Å². The highest BCUT2D eigenvalue weighted by Crippen LogP contribution is 2.25. The Balaban J connectivity index is 2.47. The molecule has 0 fully saturated rings. The van der Waals surface area contributed by atoms with Gasteiger partial charge in [-0.1, -0.05) is 26.0 Å². The number of nitrogens with two attached hydrogens (primary N) is 1. The number of likely N-dealkylation sites (N-methyl/N-ethyl adjacent to an activating group) is 1. The molecule has 3 N–H and O–H groups in total. The first kappa shape index (κ1) is 17.0. The maximum absolute atomic E-state index is 12.1. The van der Waals surface area contributed by atoms with Crippen LogP contribution in [0.5, 0.6) is 0 Å². The van der Waals surface area contributed by atoms with Crippen molar-refractivity contribution in [2.45, 2.75) is 33.1 Å². The van der Waals surface area contributed by atoms with Gasteiger partial charge >= 0.3 is 5.97 Å². The van der Waals surface area contributed by atoms with E-state index in [2.05, 4.69) is 0 Å². The maximum Gasteiger partial charge on any atom is 0.303 e. The second-order valence-electron chi connectivity index (χ2n) is 6.22. The Labute approximate surface area is 125 Å². The van der Waals surface area contributed by atoms with Gasteiger partial charge in [0.2, 0.25) is 5.91 Å². The summed E-state index contributed by atoms with van der Waals surface area (Å²) in [5, 5.41) is 8.84. The highest BCUT2D eigenvalue weighted by molar-refractivity contribution is 5.77. The summed E-state index contributed by atoms with van der Waals surface area (Å²) in [5.74, 6) is -0.908. The maximum atomic E-state index is 12.1. The minimum atomic E-state index is -0.877. The van der Waals surface area contributed by atoms with E-state index >= 15 is 0 Å². The van der Waals surface area contributed by atoms with Crippen LogP contribution in [0.25, 0.3) is 0 Å². The van der Waals surface area contributed by atoms with Crippen LogP contribution in [0.15, 0.2) is 24.3 Å². The van der Waals surface area contributed by atoms with Crippen LogP contribution < -0.4 is 5.73 Å². The van der Waals surface area contributed by atoms with Gasteiger partial charge in [0.1, 0.15) is 0 Å². The second-order valence-corrected chi connectivity index (χ2v) is 6.22. The molecule has 0 aromatic heterocycles. The zero-order valence-electron chi connectivity index (χ0n) is 12.9. The Kier molecular flexibility index (Phi) is 5.76. The zero-order valence-corrected chi connectivity index (χ0v) is 12.9. The van der Waals surface area contributed by atoms with Crippen LogP contribution in [0.2, 0.25) is 0 Å². The molecule has 0 saturated heterocycles. The van der Waals surface area contributed by atoms with Gasteiger partial charge in [-0.05, 0) is 29.5 Å². The third-order valence-electron chi connectivity index (χ3n) is 3.40. The van der Waals surface area contributed by atoms with Crippen LogP contribution >= 0.6 is 0 Å². The van der Waals surface area contributed by atoms with Gasteiger partial charge in [0.15, 0.2) is 0 Å². The molecule has 1 rings (SSSR count). The van der Waals surface area contributed by atoms with Gasteiger partial charge < -0.3 is 15.7 Å². The number of nitrogen functional groups attached to an aromatic ring is 1. The summed E-state index contributed by atoms with van der Waals surface area (Å²) in [7, 11) is 1.75. The van der Waals surface area contributed by atoms with Crippen molar-refractivity contribution in [3.05, 3.63) is 29.8 Å². The molecule has 5 nitrogen and oxygen atoms in total. The largest absolute Gasteiger partial charge is 0.481 e. The number of aliphatic carboxylic acids is 1. The van der Waals surface area contributed by atoms with E-state index in [9.17, 15) is 9.59 Å². The minimum absolute atomic E-state index is 0.00938. The third kappa shape index (κ3) is 6.29. The Morgan fingerprint density at radius 1 is 1.19 bits per heavy atom. The number of carboxylic acids is 1. The molecule has 1 amide bonds. The number of rotatable bonds is 7. The van der Waals surface area contributed by atoms with Crippen molar-refractivity contribution in [3.63, 3.8) is 0 Å². The van der Waals surface area contributed by atoms with Crippen molar-refractivity contribution >= 4 is 17.6 Å². The van der Waals surface area contributed by atoms with E-state index in [1.807, 2.05) is 24.3 Å². The van der Waals surface area contributed by atoms with Crippen molar-refractivity contribution in [2.24, 2.45) is 5.41 Å². The molecule has 5 heteroatoms. The lowest BCUT2D eigenvalue weighted by atomic mass is 9.85. The summed E-state index contributed by atoms with van der Waals surface area (Å²) in [6, 6.07) is 7.57. The molecule has 21 heavy (non-hydrogen) atoms. The van der Waals surface area contributed by atoms with E-state index in [1.54, 1.807) is 25.8 Å². The van der Waals surface area contributed by atoms with Gasteiger partial charge in [-0.25, -0.2) is 0 Å². The van der Waals surface area contributed by atoms with Crippen molar-refractivity contribution < 1.29 is 14.7 Å². The van der Waals surface area contributed by atoms with E-state index in [0.29, 0.717) is 6.54 Å². The summed E-state index contributed by atoms with van der Waals surface area (Å²) in [4.78, 5) is 24.6. The van der Waals surface area contributed by atoms with Crippen LogP contribution in [-0.4, -0.2) is 35.5 Å². The standard InChI is InChI=1S/C16H24N2O3/c1-16(2,11-15(20)21)10-14(19)18(3)9-8-12-4-6-13(17)7-5-12/h4-7H,8-11,17H2,1-3H3,(H,20,21). The highest BCUT2D eigenvalue weighted by atomic mass is 16.4. The fourth-order valence-corrected chi connectivity index (χ4v) is 2.12. The predicted octanol–water partition coefficient (Wildman–Crippen LogP) is 2.16. The summed E-state index contributed by atoms with van der Waals surface area (Å²) in [6.07, 6.45) is 0.976. The summed E-state index contributed by atoms with van der Waals surface area (Å²) in [5.41, 5.74) is 6.94. The average molecular weight is 292 g/mol. The van der Waals surface area contributed by atoms with Gasteiger partial charge in [0.05, 0.1) is 6.42 Å². The van der Waals surface area contributed by atoms with Crippen LogP contribution in [0.4, 0.5) is 5.69 Å². The van der Waals surface area contributed by atoms with Crippen LogP contribution in [-0.2, 0) is 16.0 Å². The first-order valence-electron chi connectivity index (χ1n) is 7.00. The second kappa shape index (κ2) is 7.11. The fourth-order valence-electron chi connectivity index (χ4n) is 2.12. The minimum Gasteiger partial charge on any atom is -0.481 e. The molecule has 0 atom stereocenters. The number of hydrogen-bond acceptors (Lipinski definition) is 3. The van der Waals surface area contributed by atoms with E-state index in [0.717, 1.165) is 17.7 Å². The quantitative estimate of drug-likeness (QED) is 0.754. The lowest BCUT2D eigenvalue weighted by Crippen LogP contribution is -2.33. The molecule has 0 saturated carbocycles. The first-order chi connectivity index (χ1) is 9.69. The molecule has 1 aromatic rings. The molecule has 0 heterocycles. The van der Waals surface area contributed by atoms with Crippen LogP contribution in [0.3, 0.4) is 0 Å². The number of anilines is 1. The number of hydrogen-bond donors (Lipinski definition) is 2. The summed E-state index contributed by atoms with van der Waals surface area (Å²) < 4.78 is 0. The third-order valence-corrected chi connectivity index (χ3v) is 3.40. The molecule has 0 unspecified atom stereocenters. The molecular formula is C16H24N2O3. The fraction of sp³-hybridized carbons (Fsp3) is 0.500. The summed E-state index contributed by atoms with van der Waals surface area (Å²) >= 11 is 0. The molecule has 0 spiro atoms. The lowest BCUT2D eigenvalue weighted by molar-refractivity contribution is -0.140. The number of carbonyl (C=O) groups is 2. The van der Waals surface area contributed by atoms with Crippen molar-refractivity contribution in [2.75, 3.05) is 19.3 Å². The monoisotopic (exact) mass is 292 g/mol. The highest BCUT2D eigenvalue weighted by Gasteiger charge is 2.26. The predicted molar refractivity (Wildman–Crippen MR) is 82.8 cm³/mol. The Morgan fingerprint density at radius 2 is 1.76 bits per heavy atom. The molecule has 0 bridgehead atoms. The van der Waals surface area contributed by atoms with E-state index < -0.39 is 11.4 Å². The van der Waals surface area contributed by atoms with Gasteiger partial charge in [-0.3, -0.25) is 9.59 Å².